The van der Waals surface area contributed by atoms with E-state index in [4.69, 9.17) is 9.72 Å². The minimum atomic E-state index is -0.349. The van der Waals surface area contributed by atoms with Crippen LogP contribution in [0.25, 0.3) is 11.0 Å². The molecule has 1 amide bonds. The minimum Gasteiger partial charge on any atom is -0.465 e. The number of rotatable bonds is 6. The summed E-state index contributed by atoms with van der Waals surface area (Å²) in [5.41, 5.74) is 3.97. The number of fused-ring (bicyclic) bond motifs is 1. The number of aromatic nitrogens is 2. The largest absolute Gasteiger partial charge is 0.465 e. The van der Waals surface area contributed by atoms with Gasteiger partial charge in [0.25, 0.3) is 5.91 Å². The molecule has 0 radical (unpaired) electrons. The van der Waals surface area contributed by atoms with Gasteiger partial charge >= 0.3 is 5.97 Å². The number of benzene rings is 2. The van der Waals surface area contributed by atoms with E-state index in [9.17, 15) is 9.59 Å². The number of hydrogen-bond acceptors (Lipinski definition) is 6. The summed E-state index contributed by atoms with van der Waals surface area (Å²) in [5, 5.41) is 5.57. The summed E-state index contributed by atoms with van der Waals surface area (Å²) in [4.78, 5) is 33.0. The average molecular weight is 489 g/mol. The van der Waals surface area contributed by atoms with Gasteiger partial charge in [-0.25, -0.2) is 9.78 Å². The Kier molecular flexibility index (Phi) is 6.55. The lowest BCUT2D eigenvalue weighted by atomic mass is 10.0. The second-order valence-electron chi connectivity index (χ2n) is 8.83. The maximum atomic E-state index is 13.2. The standard InChI is InChI=1S/C27H28N4O3S/c1-30-24-9-8-18(16-23(24)29-25(30)17-22-7-4-14-35-22)26(32)31-12-10-20(11-13-31)28-21-6-3-5-19(15-21)27(33)34-2/h3-9,14-16,20,28H,10-13,17H2,1-2H3. The summed E-state index contributed by atoms with van der Waals surface area (Å²) >= 11 is 1.73. The molecule has 0 saturated carbocycles. The number of piperidine rings is 1. The first-order valence-electron chi connectivity index (χ1n) is 11.7. The molecule has 5 rings (SSSR count). The van der Waals surface area contributed by atoms with Gasteiger partial charge in [-0.2, -0.15) is 0 Å². The van der Waals surface area contributed by atoms with Crippen LogP contribution in [0.1, 0.15) is 44.3 Å². The van der Waals surface area contributed by atoms with Crippen LogP contribution in [0.3, 0.4) is 0 Å². The van der Waals surface area contributed by atoms with E-state index >= 15 is 0 Å². The van der Waals surface area contributed by atoms with E-state index in [1.807, 2.05) is 42.3 Å². The van der Waals surface area contributed by atoms with Crippen molar-refractivity contribution >= 4 is 39.9 Å². The number of carbonyl (C=O) groups excluding carboxylic acids is 2. The molecule has 0 bridgehead atoms. The van der Waals surface area contributed by atoms with Gasteiger partial charge in [-0.05, 0) is 60.7 Å². The molecular formula is C27H28N4O3S. The molecule has 0 unspecified atom stereocenters. The van der Waals surface area contributed by atoms with Gasteiger partial charge < -0.3 is 19.5 Å². The molecule has 1 aliphatic rings. The van der Waals surface area contributed by atoms with Crippen LogP contribution in [0.5, 0.6) is 0 Å². The van der Waals surface area contributed by atoms with E-state index in [2.05, 4.69) is 27.4 Å². The zero-order valence-electron chi connectivity index (χ0n) is 19.9. The van der Waals surface area contributed by atoms with Crippen molar-refractivity contribution in [2.75, 3.05) is 25.5 Å². The fourth-order valence-corrected chi connectivity index (χ4v) is 5.31. The van der Waals surface area contributed by atoms with Gasteiger partial charge in [0.1, 0.15) is 5.82 Å². The Balaban J connectivity index is 1.23. The quantitative estimate of drug-likeness (QED) is 0.397. The van der Waals surface area contributed by atoms with Crippen LogP contribution < -0.4 is 5.32 Å². The molecule has 1 saturated heterocycles. The minimum absolute atomic E-state index is 0.0449. The number of carbonyl (C=O) groups is 2. The summed E-state index contributed by atoms with van der Waals surface area (Å²) < 4.78 is 6.91. The van der Waals surface area contributed by atoms with Crippen LogP contribution in [-0.4, -0.2) is 52.6 Å². The first-order chi connectivity index (χ1) is 17.0. The molecule has 0 atom stereocenters. The summed E-state index contributed by atoms with van der Waals surface area (Å²) in [6.45, 7) is 1.36. The fraction of sp³-hybridized carbons (Fsp3) is 0.296. The molecule has 4 aromatic rings. The number of aryl methyl sites for hydroxylation is 1. The Labute approximate surface area is 208 Å². The smallest absolute Gasteiger partial charge is 0.337 e. The number of amides is 1. The number of thiophene rings is 1. The van der Waals surface area contributed by atoms with Crippen LogP contribution in [0.2, 0.25) is 0 Å². The van der Waals surface area contributed by atoms with Crippen molar-refractivity contribution in [1.29, 1.82) is 0 Å². The molecule has 2 aromatic carbocycles. The molecule has 8 heteroatoms. The van der Waals surface area contributed by atoms with Crippen molar-refractivity contribution in [3.05, 3.63) is 81.8 Å². The van der Waals surface area contributed by atoms with Crippen LogP contribution in [-0.2, 0) is 18.2 Å². The molecule has 0 spiro atoms. The zero-order chi connectivity index (χ0) is 24.4. The topological polar surface area (TPSA) is 76.5 Å². The third-order valence-corrected chi connectivity index (χ3v) is 7.45. The van der Waals surface area contributed by atoms with Crippen LogP contribution in [0, 0.1) is 0 Å². The van der Waals surface area contributed by atoms with E-state index in [0.29, 0.717) is 24.2 Å². The van der Waals surface area contributed by atoms with Crippen LogP contribution >= 0.6 is 11.3 Å². The van der Waals surface area contributed by atoms with Gasteiger partial charge in [-0.1, -0.05) is 12.1 Å². The van der Waals surface area contributed by atoms with E-state index < -0.39 is 0 Å². The predicted molar refractivity (Wildman–Crippen MR) is 138 cm³/mol. The highest BCUT2D eigenvalue weighted by Crippen LogP contribution is 2.23. The summed E-state index contributed by atoms with van der Waals surface area (Å²) in [6.07, 6.45) is 2.46. The van der Waals surface area contributed by atoms with Crippen molar-refractivity contribution in [2.24, 2.45) is 7.05 Å². The summed E-state index contributed by atoms with van der Waals surface area (Å²) in [6, 6.07) is 17.6. The Morgan fingerprint density at radius 3 is 2.66 bits per heavy atom. The van der Waals surface area contributed by atoms with E-state index in [0.717, 1.165) is 41.8 Å². The van der Waals surface area contributed by atoms with Gasteiger partial charge in [0.15, 0.2) is 0 Å². The van der Waals surface area contributed by atoms with E-state index in [1.165, 1.54) is 12.0 Å². The lowest BCUT2D eigenvalue weighted by Gasteiger charge is -2.33. The molecule has 3 heterocycles. The number of esters is 1. The van der Waals surface area contributed by atoms with Crippen molar-refractivity contribution in [2.45, 2.75) is 25.3 Å². The molecule has 1 aliphatic heterocycles. The second-order valence-corrected chi connectivity index (χ2v) is 9.86. The number of likely N-dealkylation sites (tertiary alicyclic amines) is 1. The van der Waals surface area contributed by atoms with Gasteiger partial charge in [0.2, 0.25) is 0 Å². The maximum Gasteiger partial charge on any atom is 0.337 e. The average Bonchev–Trinajstić information content (AvgIpc) is 3.51. The molecule has 35 heavy (non-hydrogen) atoms. The first-order valence-corrected chi connectivity index (χ1v) is 12.6. The Hall–Kier alpha value is -3.65. The first kappa shape index (κ1) is 23.1. The van der Waals surface area contributed by atoms with Crippen molar-refractivity contribution in [3.63, 3.8) is 0 Å². The highest BCUT2D eigenvalue weighted by atomic mass is 32.1. The highest BCUT2D eigenvalue weighted by Gasteiger charge is 2.24. The fourth-order valence-electron chi connectivity index (χ4n) is 4.61. The van der Waals surface area contributed by atoms with Gasteiger partial charge in [0.05, 0.1) is 23.7 Å². The highest BCUT2D eigenvalue weighted by molar-refractivity contribution is 7.09. The number of imidazole rings is 1. The molecule has 0 aliphatic carbocycles. The molecule has 180 valence electrons. The van der Waals surface area contributed by atoms with Crippen molar-refractivity contribution in [1.82, 2.24) is 14.5 Å². The van der Waals surface area contributed by atoms with Crippen molar-refractivity contribution < 1.29 is 14.3 Å². The number of nitrogens with zero attached hydrogens (tertiary/aromatic N) is 3. The zero-order valence-corrected chi connectivity index (χ0v) is 20.7. The number of methoxy groups -OCH3 is 1. The SMILES string of the molecule is COC(=O)c1cccc(NC2CCN(C(=O)c3ccc4c(c3)nc(Cc3cccs3)n4C)CC2)c1. The number of ether oxygens (including phenoxy) is 1. The third-order valence-electron chi connectivity index (χ3n) is 6.57. The lowest BCUT2D eigenvalue weighted by Crippen LogP contribution is -2.42. The summed E-state index contributed by atoms with van der Waals surface area (Å²) in [7, 11) is 3.41. The van der Waals surface area contributed by atoms with Crippen LogP contribution in [0.15, 0.2) is 60.0 Å². The predicted octanol–water partition coefficient (Wildman–Crippen LogP) is 4.73. The van der Waals surface area contributed by atoms with Crippen LogP contribution in [0.4, 0.5) is 5.69 Å². The number of hydrogen-bond donors (Lipinski definition) is 1. The lowest BCUT2D eigenvalue weighted by molar-refractivity contribution is 0.0600. The van der Waals surface area contributed by atoms with Gasteiger partial charge in [-0.3, -0.25) is 4.79 Å². The molecule has 2 aromatic heterocycles. The monoisotopic (exact) mass is 488 g/mol. The number of anilines is 1. The molecule has 7 nitrogen and oxygen atoms in total. The Morgan fingerprint density at radius 1 is 1.09 bits per heavy atom. The third kappa shape index (κ3) is 4.93. The normalized spacial score (nSPS) is 14.3. The molecule has 1 fully saturated rings. The summed E-state index contributed by atoms with van der Waals surface area (Å²) in [5.74, 6) is 0.691. The van der Waals surface area contributed by atoms with E-state index in [-0.39, 0.29) is 17.9 Å². The second kappa shape index (κ2) is 9.92. The van der Waals surface area contributed by atoms with Crippen molar-refractivity contribution in [3.8, 4) is 0 Å². The van der Waals surface area contributed by atoms with E-state index in [1.54, 1.807) is 23.5 Å². The maximum absolute atomic E-state index is 13.2. The Morgan fingerprint density at radius 2 is 1.91 bits per heavy atom. The van der Waals surface area contributed by atoms with Gasteiger partial charge in [-0.15, -0.1) is 11.3 Å². The number of nitrogens with one attached hydrogen (secondary N) is 1. The molecular weight excluding hydrogens is 460 g/mol. The van der Waals surface area contributed by atoms with Gasteiger partial charge in [0, 0.05) is 48.7 Å². The molecule has 1 N–H and O–H groups in total. The Bertz CT molecular complexity index is 1350.